The minimum atomic E-state index is -3.59. The molecule has 1 amide bonds. The number of sulfonamides is 1. The fourth-order valence-electron chi connectivity index (χ4n) is 2.95. The van der Waals surface area contributed by atoms with E-state index in [1.165, 1.54) is 22.9 Å². The zero-order valence-electron chi connectivity index (χ0n) is 13.6. The molecule has 0 aromatic heterocycles. The van der Waals surface area contributed by atoms with Crippen LogP contribution in [0.15, 0.2) is 29.2 Å². The summed E-state index contributed by atoms with van der Waals surface area (Å²) < 4.78 is 32.0. The van der Waals surface area contributed by atoms with Gasteiger partial charge in [-0.15, -0.1) is 0 Å². The van der Waals surface area contributed by atoms with Crippen molar-refractivity contribution in [1.29, 1.82) is 0 Å². The van der Waals surface area contributed by atoms with E-state index in [1.807, 2.05) is 5.01 Å². The third-order valence-electron chi connectivity index (χ3n) is 4.32. The summed E-state index contributed by atoms with van der Waals surface area (Å²) in [6, 6.07) is 6.22. The molecule has 1 N–H and O–H groups in total. The maximum absolute atomic E-state index is 12.7. The molecule has 2 saturated heterocycles. The van der Waals surface area contributed by atoms with Crippen LogP contribution in [0.1, 0.15) is 29.6 Å². The Bertz CT molecular complexity index is 680. The first-order valence-corrected chi connectivity index (χ1v) is 9.75. The van der Waals surface area contributed by atoms with Crippen LogP contribution in [-0.2, 0) is 14.8 Å². The Labute approximate surface area is 142 Å². The van der Waals surface area contributed by atoms with Crippen molar-refractivity contribution in [1.82, 2.24) is 14.7 Å². The summed E-state index contributed by atoms with van der Waals surface area (Å²) in [6.45, 7) is 3.14. The first kappa shape index (κ1) is 17.3. The van der Waals surface area contributed by atoms with Crippen molar-refractivity contribution in [2.24, 2.45) is 0 Å². The smallest absolute Gasteiger partial charge is 0.265 e. The monoisotopic (exact) mass is 353 g/mol. The molecule has 1 aromatic rings. The summed E-state index contributed by atoms with van der Waals surface area (Å²) in [4.78, 5) is 12.5. The number of amides is 1. The summed E-state index contributed by atoms with van der Waals surface area (Å²) >= 11 is 0. The number of hydrazine groups is 1. The Balaban J connectivity index is 1.74. The van der Waals surface area contributed by atoms with Crippen LogP contribution in [0.25, 0.3) is 0 Å². The normalized spacial score (nSPS) is 20.7. The third kappa shape index (κ3) is 3.94. The molecule has 2 aliphatic rings. The fourth-order valence-corrected chi connectivity index (χ4v) is 4.40. The van der Waals surface area contributed by atoms with Crippen molar-refractivity contribution >= 4 is 15.9 Å². The lowest BCUT2D eigenvalue weighted by Crippen LogP contribution is -2.45. The summed E-state index contributed by atoms with van der Waals surface area (Å²) in [7, 11) is -3.59. The van der Waals surface area contributed by atoms with Crippen molar-refractivity contribution in [2.45, 2.75) is 24.2 Å². The molecule has 0 unspecified atom stereocenters. The zero-order chi connectivity index (χ0) is 17.0. The number of nitrogens with one attached hydrogen (secondary N) is 1. The summed E-state index contributed by atoms with van der Waals surface area (Å²) in [5, 5.41) is 1.90. The highest BCUT2D eigenvalue weighted by atomic mass is 32.2. The Kier molecular flexibility index (Phi) is 5.50. The van der Waals surface area contributed by atoms with E-state index in [2.05, 4.69) is 5.43 Å². The Morgan fingerprint density at radius 3 is 2.46 bits per heavy atom. The quantitative estimate of drug-likeness (QED) is 0.868. The van der Waals surface area contributed by atoms with Gasteiger partial charge in [-0.2, -0.15) is 4.31 Å². The number of benzene rings is 1. The number of rotatable bonds is 4. The van der Waals surface area contributed by atoms with Crippen LogP contribution in [0.4, 0.5) is 0 Å². The Morgan fingerprint density at radius 1 is 1.04 bits per heavy atom. The van der Waals surface area contributed by atoms with Crippen molar-refractivity contribution in [3.8, 4) is 0 Å². The van der Waals surface area contributed by atoms with Crippen LogP contribution in [-0.4, -0.2) is 63.0 Å². The molecule has 3 rings (SSSR count). The molecule has 2 fully saturated rings. The van der Waals surface area contributed by atoms with Gasteiger partial charge in [-0.05, 0) is 31.0 Å². The zero-order valence-corrected chi connectivity index (χ0v) is 14.4. The number of ether oxygens (including phenoxy) is 1. The molecule has 1 aromatic carbocycles. The largest absolute Gasteiger partial charge is 0.379 e. The predicted molar refractivity (Wildman–Crippen MR) is 88.9 cm³/mol. The van der Waals surface area contributed by atoms with E-state index in [0.29, 0.717) is 31.9 Å². The minimum absolute atomic E-state index is 0.149. The number of carbonyl (C=O) groups is 1. The van der Waals surface area contributed by atoms with Gasteiger partial charge in [0.15, 0.2) is 0 Å². The highest BCUT2D eigenvalue weighted by Crippen LogP contribution is 2.18. The SMILES string of the molecule is O=C(NN1CCCCC1)c1cccc(S(=O)(=O)N2CCOCC2)c1. The molecule has 132 valence electrons. The lowest BCUT2D eigenvalue weighted by atomic mass is 10.1. The van der Waals surface area contributed by atoms with Crippen LogP contribution >= 0.6 is 0 Å². The van der Waals surface area contributed by atoms with Gasteiger partial charge in [0.25, 0.3) is 5.91 Å². The van der Waals surface area contributed by atoms with Gasteiger partial charge in [-0.25, -0.2) is 13.4 Å². The summed E-state index contributed by atoms with van der Waals surface area (Å²) in [6.07, 6.45) is 3.30. The standard InChI is InChI=1S/C16H23N3O4S/c20-16(17-18-7-2-1-3-8-18)14-5-4-6-15(13-14)24(21,22)19-9-11-23-12-10-19/h4-6,13H,1-3,7-12H2,(H,17,20). The van der Waals surface area contributed by atoms with E-state index in [-0.39, 0.29) is 10.8 Å². The average Bonchev–Trinajstić information content (AvgIpc) is 2.63. The van der Waals surface area contributed by atoms with Gasteiger partial charge in [-0.1, -0.05) is 12.5 Å². The molecular weight excluding hydrogens is 330 g/mol. The second kappa shape index (κ2) is 7.60. The first-order chi connectivity index (χ1) is 11.6. The molecule has 2 aliphatic heterocycles. The van der Waals surface area contributed by atoms with E-state index in [0.717, 1.165) is 25.9 Å². The topological polar surface area (TPSA) is 79.0 Å². The van der Waals surface area contributed by atoms with Gasteiger partial charge in [-0.3, -0.25) is 10.2 Å². The average molecular weight is 353 g/mol. The summed E-state index contributed by atoms with van der Waals surface area (Å²) in [5.41, 5.74) is 3.22. The molecule has 0 atom stereocenters. The first-order valence-electron chi connectivity index (χ1n) is 8.31. The predicted octanol–water partition coefficient (Wildman–Crippen LogP) is 0.838. The molecule has 7 nitrogen and oxygen atoms in total. The molecule has 0 bridgehead atoms. The van der Waals surface area contributed by atoms with Crippen LogP contribution in [0.5, 0.6) is 0 Å². The number of carbonyl (C=O) groups excluding carboxylic acids is 1. The number of morpholine rings is 1. The van der Waals surface area contributed by atoms with Gasteiger partial charge < -0.3 is 4.74 Å². The number of piperidine rings is 1. The van der Waals surface area contributed by atoms with Crippen molar-refractivity contribution in [3.63, 3.8) is 0 Å². The van der Waals surface area contributed by atoms with E-state index in [9.17, 15) is 13.2 Å². The number of hydrogen-bond acceptors (Lipinski definition) is 5. The number of nitrogens with zero attached hydrogens (tertiary/aromatic N) is 2. The maximum Gasteiger partial charge on any atom is 0.265 e. The van der Waals surface area contributed by atoms with E-state index in [4.69, 9.17) is 4.74 Å². The Hall–Kier alpha value is -1.48. The van der Waals surface area contributed by atoms with Crippen molar-refractivity contribution in [3.05, 3.63) is 29.8 Å². The van der Waals surface area contributed by atoms with Crippen LogP contribution in [0.2, 0.25) is 0 Å². The molecule has 8 heteroatoms. The van der Waals surface area contributed by atoms with Crippen LogP contribution < -0.4 is 5.43 Å². The van der Waals surface area contributed by atoms with Gasteiger partial charge in [0.2, 0.25) is 10.0 Å². The van der Waals surface area contributed by atoms with Gasteiger partial charge in [0.05, 0.1) is 18.1 Å². The van der Waals surface area contributed by atoms with Crippen molar-refractivity contribution < 1.29 is 17.9 Å². The Morgan fingerprint density at radius 2 is 1.75 bits per heavy atom. The van der Waals surface area contributed by atoms with Gasteiger partial charge in [0, 0.05) is 31.7 Å². The van der Waals surface area contributed by atoms with E-state index < -0.39 is 10.0 Å². The molecule has 24 heavy (non-hydrogen) atoms. The second-order valence-corrected chi connectivity index (χ2v) is 7.97. The molecule has 0 aliphatic carbocycles. The lowest BCUT2D eigenvalue weighted by molar-refractivity contribution is 0.0729. The minimum Gasteiger partial charge on any atom is -0.379 e. The molecule has 2 heterocycles. The highest BCUT2D eigenvalue weighted by Gasteiger charge is 2.27. The number of hydrogen-bond donors (Lipinski definition) is 1. The molecule has 0 radical (unpaired) electrons. The highest BCUT2D eigenvalue weighted by molar-refractivity contribution is 7.89. The fraction of sp³-hybridized carbons (Fsp3) is 0.562. The molecule has 0 spiro atoms. The maximum atomic E-state index is 12.7. The van der Waals surface area contributed by atoms with E-state index >= 15 is 0 Å². The van der Waals surface area contributed by atoms with Gasteiger partial charge >= 0.3 is 0 Å². The lowest BCUT2D eigenvalue weighted by Gasteiger charge is -2.27. The summed E-state index contributed by atoms with van der Waals surface area (Å²) in [5.74, 6) is -0.268. The molecular formula is C16H23N3O4S. The molecule has 0 saturated carbocycles. The van der Waals surface area contributed by atoms with Crippen molar-refractivity contribution in [2.75, 3.05) is 39.4 Å². The van der Waals surface area contributed by atoms with Gasteiger partial charge in [0.1, 0.15) is 0 Å². The van der Waals surface area contributed by atoms with Crippen LogP contribution in [0, 0.1) is 0 Å². The third-order valence-corrected chi connectivity index (χ3v) is 6.21. The van der Waals surface area contributed by atoms with Crippen LogP contribution in [0.3, 0.4) is 0 Å². The second-order valence-electron chi connectivity index (χ2n) is 6.03. The van der Waals surface area contributed by atoms with E-state index in [1.54, 1.807) is 12.1 Å².